The lowest BCUT2D eigenvalue weighted by molar-refractivity contribution is 0.379. The van der Waals surface area contributed by atoms with Crippen LogP contribution in [-0.2, 0) is 6.42 Å². The average molecular weight is 289 g/mol. The molecule has 3 aromatic heterocycles. The second-order valence-electron chi connectivity index (χ2n) is 3.78. The topological polar surface area (TPSA) is 158 Å². The van der Waals surface area contributed by atoms with Gasteiger partial charge in [-0.05, 0) is 0 Å². The Balaban J connectivity index is 1.73. The quantitative estimate of drug-likeness (QED) is 0.368. The molecule has 0 unspecified atom stereocenters. The fourth-order valence-corrected chi connectivity index (χ4v) is 1.51. The molecule has 12 heteroatoms. The lowest BCUT2D eigenvalue weighted by Gasteiger charge is -2.07. The highest BCUT2D eigenvalue weighted by Crippen LogP contribution is 2.07. The Bertz CT molecular complexity index is 680. The number of hydrogen-bond donors (Lipinski definition) is 3. The predicted octanol–water partition coefficient (Wildman–Crippen LogP) is -1.22. The van der Waals surface area contributed by atoms with Crippen molar-refractivity contribution in [3.63, 3.8) is 0 Å². The van der Waals surface area contributed by atoms with Gasteiger partial charge in [0.25, 0.3) is 5.95 Å². The van der Waals surface area contributed by atoms with Gasteiger partial charge in [0, 0.05) is 13.0 Å². The Morgan fingerprint density at radius 1 is 1.19 bits per heavy atom. The zero-order valence-corrected chi connectivity index (χ0v) is 10.7. The molecule has 21 heavy (non-hydrogen) atoms. The third-order valence-electron chi connectivity index (χ3n) is 2.41. The van der Waals surface area contributed by atoms with Crippen LogP contribution in [0.3, 0.4) is 0 Å². The van der Waals surface area contributed by atoms with Crippen LogP contribution in [0.4, 0.5) is 11.9 Å². The van der Waals surface area contributed by atoms with Gasteiger partial charge in [-0.3, -0.25) is 5.43 Å². The number of aromatic nitrogens is 8. The lowest BCUT2D eigenvalue weighted by atomic mass is 10.4. The highest BCUT2D eigenvalue weighted by atomic mass is 16.5. The van der Waals surface area contributed by atoms with E-state index in [0.717, 1.165) is 0 Å². The molecule has 3 rings (SSSR count). The molecule has 0 aliphatic heterocycles. The minimum absolute atomic E-state index is 0.204. The van der Waals surface area contributed by atoms with Gasteiger partial charge in [0.1, 0.15) is 12.7 Å². The highest BCUT2D eigenvalue weighted by Gasteiger charge is 2.08. The van der Waals surface area contributed by atoms with Crippen LogP contribution in [0.2, 0.25) is 0 Å². The molecule has 3 aromatic rings. The van der Waals surface area contributed by atoms with E-state index in [1.54, 1.807) is 0 Å². The smallest absolute Gasteiger partial charge is 0.258 e. The SMILES string of the molecule is NNc1nc(NCCc2ncno2)nc(-n2cncn2)n1. The van der Waals surface area contributed by atoms with Crippen molar-refractivity contribution in [3.05, 3.63) is 24.9 Å². The number of nitrogens with zero attached hydrogens (tertiary/aromatic N) is 8. The normalized spacial score (nSPS) is 10.5. The molecule has 0 saturated heterocycles. The molecule has 0 spiro atoms. The lowest BCUT2D eigenvalue weighted by Crippen LogP contribution is -2.17. The van der Waals surface area contributed by atoms with E-state index in [1.165, 1.54) is 23.7 Å². The van der Waals surface area contributed by atoms with Crippen molar-refractivity contribution in [1.29, 1.82) is 0 Å². The van der Waals surface area contributed by atoms with Crippen LogP contribution in [0.25, 0.3) is 5.95 Å². The summed E-state index contributed by atoms with van der Waals surface area (Å²) in [6.45, 7) is 0.507. The first-order valence-electron chi connectivity index (χ1n) is 5.92. The number of rotatable bonds is 6. The maximum absolute atomic E-state index is 5.34. The van der Waals surface area contributed by atoms with Crippen molar-refractivity contribution >= 4 is 11.9 Å². The maximum Gasteiger partial charge on any atom is 0.258 e. The van der Waals surface area contributed by atoms with Gasteiger partial charge in [-0.25, -0.2) is 10.8 Å². The van der Waals surface area contributed by atoms with Crippen LogP contribution >= 0.6 is 0 Å². The summed E-state index contributed by atoms with van der Waals surface area (Å²) in [4.78, 5) is 20.1. The minimum atomic E-state index is 0.204. The average Bonchev–Trinajstić information content (AvgIpc) is 3.20. The molecule has 0 aliphatic rings. The van der Waals surface area contributed by atoms with Gasteiger partial charge in [0.15, 0.2) is 6.33 Å². The molecular weight excluding hydrogens is 278 g/mol. The van der Waals surface area contributed by atoms with Crippen LogP contribution in [0.1, 0.15) is 5.89 Å². The minimum Gasteiger partial charge on any atom is -0.354 e. The standard InChI is InChI=1S/C9H11N11O/c10-19-8-16-7(12-2-1-6-13-4-15-21-6)17-9(18-8)20-5-11-3-14-20/h3-5H,1-2,10H2,(H2,12,16,17,18,19). The maximum atomic E-state index is 5.34. The molecular formula is C9H11N11O. The molecule has 108 valence electrons. The van der Waals surface area contributed by atoms with Gasteiger partial charge >= 0.3 is 0 Å². The summed E-state index contributed by atoms with van der Waals surface area (Å²) >= 11 is 0. The van der Waals surface area contributed by atoms with Gasteiger partial charge in [-0.1, -0.05) is 5.16 Å². The van der Waals surface area contributed by atoms with Crippen molar-refractivity contribution in [2.75, 3.05) is 17.3 Å². The monoisotopic (exact) mass is 289 g/mol. The largest absolute Gasteiger partial charge is 0.354 e. The van der Waals surface area contributed by atoms with E-state index >= 15 is 0 Å². The highest BCUT2D eigenvalue weighted by molar-refractivity contribution is 5.36. The van der Waals surface area contributed by atoms with Gasteiger partial charge in [-0.15, -0.1) is 0 Å². The van der Waals surface area contributed by atoms with E-state index in [9.17, 15) is 0 Å². The second-order valence-corrected chi connectivity index (χ2v) is 3.78. The van der Waals surface area contributed by atoms with Crippen molar-refractivity contribution in [1.82, 2.24) is 39.9 Å². The molecule has 0 atom stereocenters. The predicted molar refractivity (Wildman–Crippen MR) is 69.0 cm³/mol. The van der Waals surface area contributed by atoms with E-state index in [0.29, 0.717) is 24.8 Å². The number of nitrogens with one attached hydrogen (secondary N) is 2. The first-order valence-corrected chi connectivity index (χ1v) is 5.92. The number of hydrogen-bond acceptors (Lipinski definition) is 11. The van der Waals surface area contributed by atoms with E-state index in [1.807, 2.05) is 0 Å². The molecule has 0 bridgehead atoms. The van der Waals surface area contributed by atoms with Crippen LogP contribution in [0, 0.1) is 0 Å². The van der Waals surface area contributed by atoms with E-state index in [-0.39, 0.29) is 11.9 Å². The number of hydrazine groups is 1. The molecule has 3 heterocycles. The Morgan fingerprint density at radius 3 is 2.81 bits per heavy atom. The third kappa shape index (κ3) is 3.06. The Kier molecular flexibility index (Phi) is 3.60. The molecule has 0 saturated carbocycles. The van der Waals surface area contributed by atoms with Crippen molar-refractivity contribution in [3.8, 4) is 5.95 Å². The summed E-state index contributed by atoms with van der Waals surface area (Å²) in [7, 11) is 0. The number of nitrogens with two attached hydrogens (primary N) is 1. The molecule has 0 radical (unpaired) electrons. The zero-order valence-electron chi connectivity index (χ0n) is 10.7. The summed E-state index contributed by atoms with van der Waals surface area (Å²) in [6, 6.07) is 0. The molecule has 12 nitrogen and oxygen atoms in total. The summed E-state index contributed by atoms with van der Waals surface area (Å²) in [5, 5.41) is 10.5. The molecule has 4 N–H and O–H groups in total. The van der Waals surface area contributed by atoms with Crippen LogP contribution in [-0.4, -0.2) is 46.4 Å². The zero-order chi connectivity index (χ0) is 14.5. The van der Waals surface area contributed by atoms with Crippen molar-refractivity contribution in [2.45, 2.75) is 6.42 Å². The summed E-state index contributed by atoms with van der Waals surface area (Å²) in [5.41, 5.74) is 2.37. The van der Waals surface area contributed by atoms with Gasteiger partial charge in [0.2, 0.25) is 17.8 Å². The fraction of sp³-hybridized carbons (Fsp3) is 0.222. The molecule has 0 aliphatic carbocycles. The molecule has 0 fully saturated rings. The van der Waals surface area contributed by atoms with Crippen LogP contribution < -0.4 is 16.6 Å². The Labute approximate surface area is 117 Å². The Morgan fingerprint density at radius 2 is 2.10 bits per heavy atom. The molecule has 0 amide bonds. The van der Waals surface area contributed by atoms with E-state index in [4.69, 9.17) is 10.4 Å². The summed E-state index contributed by atoms with van der Waals surface area (Å²) < 4.78 is 6.28. The van der Waals surface area contributed by atoms with E-state index < -0.39 is 0 Å². The third-order valence-corrected chi connectivity index (χ3v) is 2.41. The van der Waals surface area contributed by atoms with Crippen LogP contribution in [0.15, 0.2) is 23.5 Å². The first kappa shape index (κ1) is 12.9. The second kappa shape index (κ2) is 5.87. The number of anilines is 2. The van der Waals surface area contributed by atoms with Crippen molar-refractivity contribution in [2.24, 2.45) is 5.84 Å². The van der Waals surface area contributed by atoms with Gasteiger partial charge < -0.3 is 9.84 Å². The summed E-state index contributed by atoms with van der Waals surface area (Å²) in [5.74, 6) is 6.68. The van der Waals surface area contributed by atoms with Gasteiger partial charge in [0.05, 0.1) is 0 Å². The van der Waals surface area contributed by atoms with Crippen molar-refractivity contribution < 1.29 is 4.52 Å². The fourth-order valence-electron chi connectivity index (χ4n) is 1.51. The number of nitrogen functional groups attached to an aromatic ring is 1. The Hall–Kier alpha value is -3.15. The van der Waals surface area contributed by atoms with E-state index in [2.05, 4.69) is 45.9 Å². The van der Waals surface area contributed by atoms with Crippen LogP contribution in [0.5, 0.6) is 0 Å². The summed E-state index contributed by atoms with van der Waals surface area (Å²) in [6.07, 6.45) is 4.73. The van der Waals surface area contributed by atoms with Gasteiger partial charge in [-0.2, -0.15) is 29.7 Å². The molecule has 0 aromatic carbocycles. The first-order chi connectivity index (χ1) is 10.3.